The Morgan fingerprint density at radius 2 is 1.95 bits per heavy atom. The van der Waals surface area contributed by atoms with Gasteiger partial charge in [-0.05, 0) is 19.1 Å². The molecule has 0 heterocycles. The summed E-state index contributed by atoms with van der Waals surface area (Å²) in [7, 11) is 0. The van der Waals surface area contributed by atoms with E-state index in [1.165, 1.54) is 18.2 Å². The number of halogens is 2. The van der Waals surface area contributed by atoms with Crippen molar-refractivity contribution in [1.29, 1.82) is 0 Å². The molecule has 0 amide bonds. The number of rotatable bonds is 4. The van der Waals surface area contributed by atoms with Gasteiger partial charge in [0, 0.05) is 6.07 Å². The molecule has 104 valence electrons. The topological polar surface area (TPSA) is 55.2 Å². The third-order valence-corrected chi connectivity index (χ3v) is 3.24. The van der Waals surface area contributed by atoms with Gasteiger partial charge < -0.3 is 5.32 Å². The molecule has 2 rings (SSSR count). The van der Waals surface area contributed by atoms with Gasteiger partial charge in [-0.1, -0.05) is 35.9 Å². The fourth-order valence-corrected chi connectivity index (χ4v) is 2.17. The largest absolute Gasteiger partial charge is 0.375 e. The zero-order chi connectivity index (χ0) is 14.7. The second-order valence-electron chi connectivity index (χ2n) is 4.28. The van der Waals surface area contributed by atoms with Crippen LogP contribution in [0.15, 0.2) is 42.5 Å². The van der Waals surface area contributed by atoms with Crippen LogP contribution in [0.4, 0.5) is 15.8 Å². The summed E-state index contributed by atoms with van der Waals surface area (Å²) in [6.45, 7) is 1.71. The van der Waals surface area contributed by atoms with E-state index in [2.05, 4.69) is 5.32 Å². The lowest BCUT2D eigenvalue weighted by atomic mass is 10.1. The summed E-state index contributed by atoms with van der Waals surface area (Å²) in [4.78, 5) is 10.5. The van der Waals surface area contributed by atoms with Gasteiger partial charge in [-0.2, -0.15) is 0 Å². The number of nitro groups is 1. The molecule has 0 fully saturated rings. The Morgan fingerprint density at radius 1 is 1.25 bits per heavy atom. The number of anilines is 1. The quantitative estimate of drug-likeness (QED) is 0.664. The van der Waals surface area contributed by atoms with Crippen molar-refractivity contribution in [3.05, 3.63) is 69.0 Å². The first-order valence-corrected chi connectivity index (χ1v) is 6.32. The van der Waals surface area contributed by atoms with Crippen molar-refractivity contribution in [3.8, 4) is 0 Å². The molecule has 0 spiro atoms. The van der Waals surface area contributed by atoms with E-state index in [9.17, 15) is 14.5 Å². The molecule has 0 radical (unpaired) electrons. The molecule has 1 unspecified atom stereocenters. The zero-order valence-corrected chi connectivity index (χ0v) is 11.4. The van der Waals surface area contributed by atoms with Gasteiger partial charge in [0.2, 0.25) is 0 Å². The van der Waals surface area contributed by atoms with Crippen LogP contribution in [0.1, 0.15) is 18.5 Å². The van der Waals surface area contributed by atoms with E-state index in [0.29, 0.717) is 5.56 Å². The normalized spacial score (nSPS) is 11.9. The van der Waals surface area contributed by atoms with Gasteiger partial charge >= 0.3 is 0 Å². The molecule has 0 saturated heterocycles. The second-order valence-corrected chi connectivity index (χ2v) is 4.69. The SMILES string of the molecule is CC(Nc1c(F)cccc1Cl)c1ccccc1[N+](=O)[O-]. The molecule has 0 aliphatic heterocycles. The maximum atomic E-state index is 13.7. The van der Waals surface area contributed by atoms with Gasteiger partial charge in [-0.15, -0.1) is 0 Å². The average molecular weight is 295 g/mol. The molecule has 1 N–H and O–H groups in total. The van der Waals surface area contributed by atoms with Crippen molar-refractivity contribution >= 4 is 23.0 Å². The third kappa shape index (κ3) is 2.88. The average Bonchev–Trinajstić information content (AvgIpc) is 2.43. The first-order chi connectivity index (χ1) is 9.50. The highest BCUT2D eigenvalue weighted by molar-refractivity contribution is 6.33. The third-order valence-electron chi connectivity index (χ3n) is 2.92. The van der Waals surface area contributed by atoms with Crippen LogP contribution in [0.5, 0.6) is 0 Å². The maximum absolute atomic E-state index is 13.7. The Bertz CT molecular complexity index is 629. The van der Waals surface area contributed by atoms with E-state index in [4.69, 9.17) is 11.6 Å². The van der Waals surface area contributed by atoms with Crippen molar-refractivity contribution < 1.29 is 9.31 Å². The molecule has 4 nitrogen and oxygen atoms in total. The van der Waals surface area contributed by atoms with E-state index in [1.807, 2.05) is 0 Å². The van der Waals surface area contributed by atoms with E-state index in [1.54, 1.807) is 31.2 Å². The molecule has 2 aromatic rings. The smallest absolute Gasteiger partial charge is 0.274 e. The van der Waals surface area contributed by atoms with Crippen molar-refractivity contribution in [2.24, 2.45) is 0 Å². The van der Waals surface area contributed by atoms with Crippen molar-refractivity contribution in [3.63, 3.8) is 0 Å². The van der Waals surface area contributed by atoms with Crippen LogP contribution in [0.25, 0.3) is 0 Å². The summed E-state index contributed by atoms with van der Waals surface area (Å²) in [6.07, 6.45) is 0. The van der Waals surface area contributed by atoms with Crippen LogP contribution in [-0.4, -0.2) is 4.92 Å². The highest BCUT2D eigenvalue weighted by Gasteiger charge is 2.19. The maximum Gasteiger partial charge on any atom is 0.274 e. The predicted molar refractivity (Wildman–Crippen MR) is 76.5 cm³/mol. The van der Waals surface area contributed by atoms with Crippen LogP contribution in [0.3, 0.4) is 0 Å². The van der Waals surface area contributed by atoms with E-state index < -0.39 is 16.8 Å². The molecular formula is C14H12ClFN2O2. The lowest BCUT2D eigenvalue weighted by molar-refractivity contribution is -0.385. The van der Waals surface area contributed by atoms with Gasteiger partial charge in [0.1, 0.15) is 5.82 Å². The van der Waals surface area contributed by atoms with E-state index in [0.717, 1.165) is 0 Å². The highest BCUT2D eigenvalue weighted by Crippen LogP contribution is 2.31. The summed E-state index contributed by atoms with van der Waals surface area (Å²) >= 11 is 5.93. The molecule has 0 bridgehead atoms. The van der Waals surface area contributed by atoms with Crippen LogP contribution in [0.2, 0.25) is 5.02 Å². The number of nitro benzene ring substituents is 1. The molecule has 6 heteroatoms. The van der Waals surface area contributed by atoms with Crippen LogP contribution < -0.4 is 5.32 Å². The predicted octanol–water partition coefficient (Wildman–Crippen LogP) is 4.56. The monoisotopic (exact) mass is 294 g/mol. The number of nitrogens with zero attached hydrogens (tertiary/aromatic N) is 1. The van der Waals surface area contributed by atoms with Crippen molar-refractivity contribution in [2.75, 3.05) is 5.32 Å². The number of hydrogen-bond donors (Lipinski definition) is 1. The number of para-hydroxylation sites is 2. The molecule has 20 heavy (non-hydrogen) atoms. The molecule has 0 aliphatic carbocycles. The summed E-state index contributed by atoms with van der Waals surface area (Å²) in [5, 5.41) is 14.1. The summed E-state index contributed by atoms with van der Waals surface area (Å²) in [5.41, 5.74) is 0.594. The first-order valence-electron chi connectivity index (χ1n) is 5.94. The molecule has 0 aliphatic rings. The molecule has 2 aromatic carbocycles. The molecular weight excluding hydrogens is 283 g/mol. The van der Waals surface area contributed by atoms with Crippen LogP contribution in [-0.2, 0) is 0 Å². The molecule has 1 atom stereocenters. The highest BCUT2D eigenvalue weighted by atomic mass is 35.5. The second kappa shape index (κ2) is 5.88. The van der Waals surface area contributed by atoms with Gasteiger partial charge in [-0.25, -0.2) is 4.39 Å². The fourth-order valence-electron chi connectivity index (χ4n) is 1.95. The number of hydrogen-bond acceptors (Lipinski definition) is 3. The minimum Gasteiger partial charge on any atom is -0.375 e. The van der Waals surface area contributed by atoms with Crippen molar-refractivity contribution in [2.45, 2.75) is 13.0 Å². The Morgan fingerprint density at radius 3 is 2.60 bits per heavy atom. The summed E-state index contributed by atoms with van der Waals surface area (Å²) in [6, 6.07) is 10.2. The Hall–Kier alpha value is -2.14. The zero-order valence-electron chi connectivity index (χ0n) is 10.6. The van der Waals surface area contributed by atoms with Gasteiger partial charge in [0.15, 0.2) is 0 Å². The Kier molecular flexibility index (Phi) is 4.20. The Balaban J connectivity index is 2.34. The van der Waals surface area contributed by atoms with E-state index in [-0.39, 0.29) is 16.4 Å². The fraction of sp³-hybridized carbons (Fsp3) is 0.143. The first kappa shape index (κ1) is 14.3. The van der Waals surface area contributed by atoms with E-state index >= 15 is 0 Å². The standard InChI is InChI=1S/C14H12ClFN2O2/c1-9(10-5-2-3-8-13(10)18(19)20)17-14-11(15)6-4-7-12(14)16/h2-9,17H,1H3. The lowest BCUT2D eigenvalue weighted by Crippen LogP contribution is -2.10. The van der Waals surface area contributed by atoms with Crippen molar-refractivity contribution in [1.82, 2.24) is 0 Å². The molecule has 0 saturated carbocycles. The Labute approximate surface area is 120 Å². The lowest BCUT2D eigenvalue weighted by Gasteiger charge is -2.17. The number of nitrogens with one attached hydrogen (secondary N) is 1. The van der Waals surface area contributed by atoms with Crippen LogP contribution in [0, 0.1) is 15.9 Å². The summed E-state index contributed by atoms with van der Waals surface area (Å²) in [5.74, 6) is -0.497. The van der Waals surface area contributed by atoms with Gasteiger partial charge in [0.05, 0.1) is 27.2 Å². The minimum atomic E-state index is -0.497. The number of benzene rings is 2. The van der Waals surface area contributed by atoms with Gasteiger partial charge in [-0.3, -0.25) is 10.1 Å². The van der Waals surface area contributed by atoms with Crippen LogP contribution >= 0.6 is 11.6 Å². The van der Waals surface area contributed by atoms with Gasteiger partial charge in [0.25, 0.3) is 5.69 Å². The summed E-state index contributed by atoms with van der Waals surface area (Å²) < 4.78 is 13.7. The minimum absolute atomic E-state index is 0.0139. The molecule has 0 aromatic heterocycles.